The molecule has 0 aromatic heterocycles. The first-order chi connectivity index (χ1) is 9.38. The number of aldehydes is 1. The number of benzene rings is 1. The number of nitrogens with zero attached hydrogens (tertiary/aromatic N) is 2. The summed E-state index contributed by atoms with van der Waals surface area (Å²) in [5.74, 6) is 0. The number of anilines is 2. The van der Waals surface area contributed by atoms with Crippen molar-refractivity contribution in [3.63, 3.8) is 0 Å². The van der Waals surface area contributed by atoms with E-state index in [1.807, 2.05) is 0 Å². The van der Waals surface area contributed by atoms with Gasteiger partial charge in [0.25, 0.3) is 0 Å². The fraction of sp³-hybridized carbons (Fsp3) is 0.533. The number of carbonyl (C=O) groups excluding carboxylic acids is 1. The van der Waals surface area contributed by atoms with Gasteiger partial charge in [0.15, 0.2) is 0 Å². The number of para-hydroxylation sites is 2. The highest BCUT2D eigenvalue weighted by Gasteiger charge is 2.26. The third-order valence-corrected chi connectivity index (χ3v) is 3.66. The molecule has 0 radical (unpaired) electrons. The van der Waals surface area contributed by atoms with Gasteiger partial charge < -0.3 is 19.3 Å². The van der Waals surface area contributed by atoms with E-state index in [2.05, 4.69) is 34.1 Å². The maximum atomic E-state index is 10.5. The predicted octanol–water partition coefficient (Wildman–Crippen LogP) is 2.04. The maximum absolute atomic E-state index is 10.5. The molecule has 4 heteroatoms. The molecule has 3 rings (SSSR count). The molecule has 1 heterocycles. The Morgan fingerprint density at radius 1 is 1.16 bits per heavy atom. The fourth-order valence-electron chi connectivity index (χ4n) is 2.51. The summed E-state index contributed by atoms with van der Waals surface area (Å²) in [6, 6.07) is 8.39. The lowest BCUT2D eigenvalue weighted by molar-refractivity contribution is -0.107. The Labute approximate surface area is 113 Å². The summed E-state index contributed by atoms with van der Waals surface area (Å²) >= 11 is 0. The average molecular weight is 260 g/mol. The number of hydrogen-bond acceptors (Lipinski definition) is 4. The van der Waals surface area contributed by atoms with Gasteiger partial charge in [-0.05, 0) is 25.0 Å². The highest BCUT2D eigenvalue weighted by Crippen LogP contribution is 2.35. The van der Waals surface area contributed by atoms with Crippen molar-refractivity contribution in [1.82, 2.24) is 0 Å². The first-order valence-corrected chi connectivity index (χ1v) is 7.02. The molecule has 0 saturated heterocycles. The average Bonchev–Trinajstić information content (AvgIpc) is 3.19. The molecule has 1 aromatic rings. The summed E-state index contributed by atoms with van der Waals surface area (Å²) in [7, 11) is 0. The summed E-state index contributed by atoms with van der Waals surface area (Å²) in [5, 5.41) is 0. The van der Waals surface area contributed by atoms with Gasteiger partial charge in [0.1, 0.15) is 6.29 Å². The molecule has 2 aliphatic rings. The summed E-state index contributed by atoms with van der Waals surface area (Å²) in [5.41, 5.74) is 2.49. The zero-order valence-corrected chi connectivity index (χ0v) is 11.1. The third kappa shape index (κ3) is 2.89. The van der Waals surface area contributed by atoms with Crippen molar-refractivity contribution in [3.8, 4) is 0 Å². The van der Waals surface area contributed by atoms with E-state index in [1.165, 1.54) is 24.2 Å². The smallest absolute Gasteiger partial charge is 0.121 e. The van der Waals surface area contributed by atoms with Crippen LogP contribution in [0.2, 0.25) is 0 Å². The number of rotatable bonds is 7. The summed E-state index contributed by atoms with van der Waals surface area (Å²) < 4.78 is 5.73. The Hall–Kier alpha value is -1.55. The van der Waals surface area contributed by atoms with Gasteiger partial charge >= 0.3 is 0 Å². The van der Waals surface area contributed by atoms with Crippen molar-refractivity contribution in [2.45, 2.75) is 25.4 Å². The molecule has 0 spiro atoms. The molecular weight excluding hydrogens is 240 g/mol. The molecule has 0 bridgehead atoms. The number of hydrogen-bond donors (Lipinski definition) is 0. The molecule has 0 amide bonds. The van der Waals surface area contributed by atoms with Gasteiger partial charge in [-0.1, -0.05) is 12.1 Å². The van der Waals surface area contributed by atoms with Crippen LogP contribution < -0.4 is 9.80 Å². The van der Waals surface area contributed by atoms with Gasteiger partial charge in [-0.2, -0.15) is 0 Å². The van der Waals surface area contributed by atoms with E-state index in [1.54, 1.807) is 0 Å². The van der Waals surface area contributed by atoms with Crippen LogP contribution in [0.25, 0.3) is 0 Å². The molecule has 0 unspecified atom stereocenters. The van der Waals surface area contributed by atoms with E-state index in [0.717, 1.165) is 32.7 Å². The fourth-order valence-corrected chi connectivity index (χ4v) is 2.51. The minimum absolute atomic E-state index is 0.518. The van der Waals surface area contributed by atoms with E-state index >= 15 is 0 Å². The molecule has 4 nitrogen and oxygen atoms in total. The Bertz CT molecular complexity index is 446. The van der Waals surface area contributed by atoms with Crippen molar-refractivity contribution >= 4 is 17.7 Å². The van der Waals surface area contributed by atoms with Gasteiger partial charge in [-0.15, -0.1) is 0 Å². The minimum atomic E-state index is 0.518. The predicted molar refractivity (Wildman–Crippen MR) is 75.7 cm³/mol. The van der Waals surface area contributed by atoms with Crippen molar-refractivity contribution in [2.24, 2.45) is 0 Å². The third-order valence-electron chi connectivity index (χ3n) is 3.66. The quantitative estimate of drug-likeness (QED) is 0.702. The molecule has 102 valence electrons. The zero-order chi connectivity index (χ0) is 13.1. The highest BCUT2D eigenvalue weighted by molar-refractivity contribution is 5.76. The van der Waals surface area contributed by atoms with Crippen LogP contribution in [0.3, 0.4) is 0 Å². The van der Waals surface area contributed by atoms with E-state index in [-0.39, 0.29) is 0 Å². The monoisotopic (exact) mass is 260 g/mol. The van der Waals surface area contributed by atoms with Crippen molar-refractivity contribution in [3.05, 3.63) is 24.3 Å². The van der Waals surface area contributed by atoms with Crippen LogP contribution in [-0.2, 0) is 9.53 Å². The van der Waals surface area contributed by atoms with Crippen LogP contribution in [0.15, 0.2) is 24.3 Å². The lowest BCUT2D eigenvalue weighted by Gasteiger charge is -2.21. The highest BCUT2D eigenvalue weighted by atomic mass is 16.5. The number of fused-ring (bicyclic) bond motifs is 1. The van der Waals surface area contributed by atoms with Gasteiger partial charge in [-0.3, -0.25) is 0 Å². The molecule has 1 fully saturated rings. The molecular formula is C15H20N2O2. The molecule has 0 atom stereocenters. The zero-order valence-electron chi connectivity index (χ0n) is 11.1. The van der Waals surface area contributed by atoms with Crippen LogP contribution in [0.4, 0.5) is 11.4 Å². The van der Waals surface area contributed by atoms with E-state index in [0.29, 0.717) is 12.5 Å². The summed E-state index contributed by atoms with van der Waals surface area (Å²) in [6.45, 7) is 3.37. The lowest BCUT2D eigenvalue weighted by atomic mass is 10.2. The summed E-state index contributed by atoms with van der Waals surface area (Å²) in [6.07, 6.45) is 4.54. The van der Waals surface area contributed by atoms with Crippen molar-refractivity contribution in [2.75, 3.05) is 36.2 Å². The molecule has 1 saturated carbocycles. The van der Waals surface area contributed by atoms with Crippen LogP contribution in [-0.4, -0.2) is 38.8 Å². The van der Waals surface area contributed by atoms with Crippen molar-refractivity contribution in [1.29, 1.82) is 0 Å². The first-order valence-electron chi connectivity index (χ1n) is 7.02. The van der Waals surface area contributed by atoms with Crippen LogP contribution in [0.5, 0.6) is 0 Å². The standard InChI is InChI=1S/C15H20N2O2/c18-10-3-8-16-12-17(9-11-19-13-6-7-13)15-5-2-1-4-14(15)16/h1-2,4-5,10,13H,3,6-9,11-12H2. The topological polar surface area (TPSA) is 32.8 Å². The molecule has 19 heavy (non-hydrogen) atoms. The minimum Gasteiger partial charge on any atom is -0.376 e. The van der Waals surface area contributed by atoms with E-state index < -0.39 is 0 Å². The van der Waals surface area contributed by atoms with Crippen LogP contribution in [0.1, 0.15) is 19.3 Å². The second-order valence-electron chi connectivity index (χ2n) is 5.18. The Morgan fingerprint density at radius 3 is 2.47 bits per heavy atom. The van der Waals surface area contributed by atoms with E-state index in [9.17, 15) is 4.79 Å². The Kier molecular flexibility index (Phi) is 3.69. The molecule has 1 aliphatic carbocycles. The SMILES string of the molecule is O=CCCN1CN(CCOC2CC2)c2ccccc21. The molecule has 0 N–H and O–H groups in total. The molecule has 1 aromatic carbocycles. The van der Waals surface area contributed by atoms with E-state index in [4.69, 9.17) is 4.74 Å². The van der Waals surface area contributed by atoms with Crippen LogP contribution >= 0.6 is 0 Å². The Balaban J connectivity index is 1.63. The lowest BCUT2D eigenvalue weighted by Crippen LogP contribution is -2.33. The number of carbonyl (C=O) groups is 1. The molecule has 1 aliphatic heterocycles. The Morgan fingerprint density at radius 2 is 1.84 bits per heavy atom. The van der Waals surface area contributed by atoms with Gasteiger partial charge in [0, 0.05) is 19.5 Å². The second-order valence-corrected chi connectivity index (χ2v) is 5.18. The van der Waals surface area contributed by atoms with Crippen molar-refractivity contribution < 1.29 is 9.53 Å². The van der Waals surface area contributed by atoms with Crippen LogP contribution in [0, 0.1) is 0 Å². The summed E-state index contributed by atoms with van der Waals surface area (Å²) in [4.78, 5) is 15.1. The van der Waals surface area contributed by atoms with Gasteiger partial charge in [-0.25, -0.2) is 0 Å². The van der Waals surface area contributed by atoms with Gasteiger partial charge in [0.2, 0.25) is 0 Å². The first kappa shape index (κ1) is 12.5. The maximum Gasteiger partial charge on any atom is 0.121 e. The second kappa shape index (κ2) is 5.61. The van der Waals surface area contributed by atoms with Gasteiger partial charge in [0.05, 0.1) is 30.8 Å². The largest absolute Gasteiger partial charge is 0.376 e. The number of ether oxygens (including phenoxy) is 1. The normalized spacial score (nSPS) is 17.7.